The summed E-state index contributed by atoms with van der Waals surface area (Å²) in [7, 11) is 0. The number of aromatic nitrogens is 2. The molecule has 2 unspecified atom stereocenters. The van der Waals surface area contributed by atoms with Crippen molar-refractivity contribution in [2.75, 3.05) is 0 Å². The highest BCUT2D eigenvalue weighted by molar-refractivity contribution is 9.10. The van der Waals surface area contributed by atoms with Crippen LogP contribution in [0.5, 0.6) is 0 Å². The molecule has 33 heavy (non-hydrogen) atoms. The predicted octanol–water partition coefficient (Wildman–Crippen LogP) is 6.42. The molecule has 2 aromatic heterocycles. The Labute approximate surface area is 208 Å². The Morgan fingerprint density at radius 1 is 0.970 bits per heavy atom. The summed E-state index contributed by atoms with van der Waals surface area (Å²) < 4.78 is 3.38. The normalized spacial score (nSPS) is 17.9. The molecule has 1 fully saturated rings. The number of nitrogens with one attached hydrogen (secondary N) is 1. The number of nitrogens with zero attached hydrogens (tertiary/aromatic N) is 3. The van der Waals surface area contributed by atoms with Gasteiger partial charge in [0.15, 0.2) is 5.11 Å². The average molecular weight is 517 g/mol. The third-order valence-electron chi connectivity index (χ3n) is 6.25. The second-order valence-electron chi connectivity index (χ2n) is 8.38. The summed E-state index contributed by atoms with van der Waals surface area (Å²) in [5, 5.41) is 4.33. The first-order valence-corrected chi connectivity index (χ1v) is 12.2. The van der Waals surface area contributed by atoms with Crippen LogP contribution in [0.15, 0.2) is 89.5 Å². The number of thiocarbonyl (C=S) groups is 1. The largest absolute Gasteiger partial charge is 0.352 e. The fourth-order valence-electron chi connectivity index (χ4n) is 4.79. The minimum Gasteiger partial charge on any atom is -0.352 e. The quantitative estimate of drug-likeness (QED) is 0.310. The Bertz CT molecular complexity index is 1290. The number of aryl methyl sites for hydroxylation is 1. The lowest BCUT2D eigenvalue weighted by Crippen LogP contribution is -2.29. The van der Waals surface area contributed by atoms with Gasteiger partial charge in [-0.2, -0.15) is 0 Å². The average Bonchev–Trinajstić information content (AvgIpc) is 3.30. The zero-order valence-electron chi connectivity index (χ0n) is 18.6. The second-order valence-corrected chi connectivity index (χ2v) is 9.68. The van der Waals surface area contributed by atoms with Crippen molar-refractivity contribution >= 4 is 33.3 Å². The van der Waals surface area contributed by atoms with Crippen LogP contribution < -0.4 is 5.32 Å². The molecule has 1 aliphatic rings. The molecule has 0 amide bonds. The molecule has 0 saturated carbocycles. The third-order valence-corrected chi connectivity index (χ3v) is 7.09. The molecule has 0 spiro atoms. The topological polar surface area (TPSA) is 33.1 Å². The van der Waals surface area contributed by atoms with E-state index in [2.05, 4.69) is 110 Å². The molecule has 1 N–H and O–H groups in total. The van der Waals surface area contributed by atoms with Crippen molar-refractivity contribution in [2.45, 2.75) is 32.5 Å². The van der Waals surface area contributed by atoms with Gasteiger partial charge in [-0.05, 0) is 73.6 Å². The minimum atomic E-state index is -0.0288. The van der Waals surface area contributed by atoms with E-state index in [9.17, 15) is 0 Å². The Morgan fingerprint density at radius 2 is 1.76 bits per heavy atom. The fraction of sp³-hybridized carbons (Fsp3) is 0.185. The monoisotopic (exact) mass is 516 g/mol. The Balaban J connectivity index is 1.62. The van der Waals surface area contributed by atoms with Gasteiger partial charge < -0.3 is 14.8 Å². The van der Waals surface area contributed by atoms with Crippen LogP contribution in [0, 0.1) is 13.8 Å². The lowest BCUT2D eigenvalue weighted by atomic mass is 9.96. The highest BCUT2D eigenvalue weighted by atomic mass is 79.9. The van der Waals surface area contributed by atoms with Crippen LogP contribution in [-0.2, 0) is 6.54 Å². The minimum absolute atomic E-state index is 0.0275. The van der Waals surface area contributed by atoms with Gasteiger partial charge in [0.05, 0.1) is 17.8 Å². The van der Waals surface area contributed by atoms with Gasteiger partial charge in [0, 0.05) is 34.3 Å². The van der Waals surface area contributed by atoms with Crippen molar-refractivity contribution in [3.8, 4) is 5.69 Å². The molecule has 2 atom stereocenters. The Morgan fingerprint density at radius 3 is 2.48 bits per heavy atom. The van der Waals surface area contributed by atoms with E-state index in [1.165, 1.54) is 22.5 Å². The number of halogens is 1. The number of benzene rings is 2. The maximum Gasteiger partial charge on any atom is 0.170 e. The van der Waals surface area contributed by atoms with Gasteiger partial charge in [-0.1, -0.05) is 58.4 Å². The molecule has 1 aliphatic heterocycles. The number of hydrogen-bond donors (Lipinski definition) is 1. The molecule has 3 heterocycles. The van der Waals surface area contributed by atoms with E-state index >= 15 is 0 Å². The summed E-state index contributed by atoms with van der Waals surface area (Å²) in [4.78, 5) is 6.98. The molecule has 2 aromatic carbocycles. The molecule has 4 aromatic rings. The fourth-order valence-corrected chi connectivity index (χ4v) is 5.49. The molecule has 0 bridgehead atoms. The van der Waals surface area contributed by atoms with Gasteiger partial charge in [-0.15, -0.1) is 0 Å². The van der Waals surface area contributed by atoms with Crippen LogP contribution in [0.4, 0.5) is 0 Å². The van der Waals surface area contributed by atoms with E-state index in [-0.39, 0.29) is 12.1 Å². The maximum absolute atomic E-state index is 5.86. The Hall–Kier alpha value is -2.96. The van der Waals surface area contributed by atoms with E-state index in [0.29, 0.717) is 0 Å². The zero-order valence-corrected chi connectivity index (χ0v) is 21.0. The van der Waals surface area contributed by atoms with Gasteiger partial charge in [0.2, 0.25) is 0 Å². The first kappa shape index (κ1) is 21.9. The van der Waals surface area contributed by atoms with Crippen LogP contribution in [-0.4, -0.2) is 19.6 Å². The van der Waals surface area contributed by atoms with Gasteiger partial charge in [-0.25, -0.2) is 0 Å². The van der Waals surface area contributed by atoms with E-state index in [1.807, 2.05) is 24.4 Å². The van der Waals surface area contributed by atoms with E-state index in [0.717, 1.165) is 27.5 Å². The van der Waals surface area contributed by atoms with Crippen molar-refractivity contribution in [2.24, 2.45) is 0 Å². The lowest BCUT2D eigenvalue weighted by Gasteiger charge is -2.28. The number of pyridine rings is 1. The molecule has 6 heteroatoms. The highest BCUT2D eigenvalue weighted by Crippen LogP contribution is 2.42. The standard InChI is InChI=1S/C27H25BrN4S/c1-18-15-23(19(2)32(18)22-12-8-11-21(28)16-22)26-25(24-13-6-7-14-29-24)30-27(33)31(26)17-20-9-4-3-5-10-20/h3-16,25-26H,17H2,1-2H3,(H,30,33). The number of hydrogen-bond acceptors (Lipinski definition) is 2. The molecule has 0 aliphatic carbocycles. The number of rotatable bonds is 5. The SMILES string of the molecule is Cc1cc(C2C(c3ccccn3)NC(=S)N2Cc2ccccc2)c(C)n1-c1cccc(Br)c1. The molecule has 5 rings (SSSR count). The van der Waals surface area contributed by atoms with Gasteiger partial charge in [0.1, 0.15) is 0 Å². The van der Waals surface area contributed by atoms with Crippen LogP contribution in [0.3, 0.4) is 0 Å². The van der Waals surface area contributed by atoms with Gasteiger partial charge in [-0.3, -0.25) is 4.98 Å². The zero-order chi connectivity index (χ0) is 22.9. The maximum atomic E-state index is 5.86. The first-order chi connectivity index (χ1) is 16.0. The second kappa shape index (κ2) is 9.12. The van der Waals surface area contributed by atoms with Crippen molar-refractivity contribution < 1.29 is 0 Å². The van der Waals surface area contributed by atoms with Gasteiger partial charge >= 0.3 is 0 Å². The highest BCUT2D eigenvalue weighted by Gasteiger charge is 2.41. The first-order valence-electron chi connectivity index (χ1n) is 11.0. The Kier molecular flexibility index (Phi) is 6.04. The van der Waals surface area contributed by atoms with Crippen molar-refractivity contribution in [1.82, 2.24) is 19.8 Å². The summed E-state index contributed by atoms with van der Waals surface area (Å²) in [5.74, 6) is 0. The van der Waals surface area contributed by atoms with Crippen molar-refractivity contribution in [3.63, 3.8) is 0 Å². The molecule has 0 radical (unpaired) electrons. The van der Waals surface area contributed by atoms with Crippen LogP contribution >= 0.6 is 28.1 Å². The van der Waals surface area contributed by atoms with Crippen LogP contribution in [0.25, 0.3) is 5.69 Å². The summed E-state index contributed by atoms with van der Waals surface area (Å²) >= 11 is 9.48. The van der Waals surface area contributed by atoms with E-state index in [1.54, 1.807) is 0 Å². The molecular weight excluding hydrogens is 492 g/mol. The summed E-state index contributed by atoms with van der Waals surface area (Å²) in [5.41, 5.74) is 7.02. The smallest absolute Gasteiger partial charge is 0.170 e. The lowest BCUT2D eigenvalue weighted by molar-refractivity contribution is 0.310. The van der Waals surface area contributed by atoms with Crippen molar-refractivity contribution in [3.05, 3.63) is 118 Å². The third kappa shape index (κ3) is 4.21. The van der Waals surface area contributed by atoms with E-state index in [4.69, 9.17) is 12.2 Å². The molecule has 1 saturated heterocycles. The molecular formula is C27H25BrN4S. The van der Waals surface area contributed by atoms with Crippen LogP contribution in [0.2, 0.25) is 0 Å². The van der Waals surface area contributed by atoms with Crippen molar-refractivity contribution in [1.29, 1.82) is 0 Å². The molecule has 4 nitrogen and oxygen atoms in total. The van der Waals surface area contributed by atoms with Crippen LogP contribution in [0.1, 0.15) is 40.3 Å². The summed E-state index contributed by atoms with van der Waals surface area (Å²) in [6.45, 7) is 5.09. The summed E-state index contributed by atoms with van der Waals surface area (Å²) in [6.07, 6.45) is 1.85. The molecule has 166 valence electrons. The van der Waals surface area contributed by atoms with E-state index < -0.39 is 0 Å². The predicted molar refractivity (Wildman–Crippen MR) is 140 cm³/mol. The van der Waals surface area contributed by atoms with Gasteiger partial charge in [0.25, 0.3) is 0 Å². The summed E-state index contributed by atoms with van der Waals surface area (Å²) in [6, 6.07) is 27.3.